The summed E-state index contributed by atoms with van der Waals surface area (Å²) in [5.41, 5.74) is 5.77. The number of hydrogen-bond acceptors (Lipinski definition) is 8. The highest BCUT2D eigenvalue weighted by molar-refractivity contribution is 7.91. The van der Waals surface area contributed by atoms with Crippen LogP contribution in [0.5, 0.6) is 11.5 Å². The number of rotatable bonds is 2. The summed E-state index contributed by atoms with van der Waals surface area (Å²) in [7, 11) is -6.49. The molecule has 2 aromatic carbocycles. The number of amides is 1. The summed E-state index contributed by atoms with van der Waals surface area (Å²) >= 11 is 0. The maximum Gasteiger partial charge on any atom is 0.262 e. The van der Waals surface area contributed by atoms with Gasteiger partial charge in [0.2, 0.25) is 0 Å². The molecule has 0 aliphatic carbocycles. The van der Waals surface area contributed by atoms with Gasteiger partial charge in [0.25, 0.3) is 5.91 Å². The number of carbonyl (C=O) groups is 1. The molecule has 0 saturated heterocycles. The number of ether oxygens (including phenoxy) is 1. The molecule has 1 heterocycles. The Morgan fingerprint density at radius 1 is 1.00 bits per heavy atom. The minimum absolute atomic E-state index is 0.0365. The molecule has 1 aliphatic rings. The van der Waals surface area contributed by atoms with Gasteiger partial charge < -0.3 is 20.9 Å². The van der Waals surface area contributed by atoms with E-state index >= 15 is 0 Å². The number of nitrogens with two attached hydrogens (primary N) is 1. The molecule has 11 heteroatoms. The Morgan fingerprint density at radius 3 is 2.11 bits per heavy atom. The Kier molecular flexibility index (Phi) is 5.66. The lowest BCUT2D eigenvalue weighted by Gasteiger charge is -2.18. The number of nitrogens with one attached hydrogen (secondary N) is 1. The molecule has 0 spiro atoms. The van der Waals surface area contributed by atoms with Crippen molar-refractivity contribution in [2.45, 2.75) is 9.79 Å². The number of fused-ring (bicyclic) bond motifs is 1. The molecule has 27 heavy (non-hydrogen) atoms. The van der Waals surface area contributed by atoms with Crippen molar-refractivity contribution < 1.29 is 31.5 Å². The van der Waals surface area contributed by atoms with Crippen LogP contribution < -0.4 is 15.8 Å². The summed E-state index contributed by atoms with van der Waals surface area (Å²) in [6.45, 7) is -0.0365. The van der Waals surface area contributed by atoms with Crippen LogP contribution in [0.3, 0.4) is 0 Å². The molecule has 0 bridgehead atoms. The Bertz CT molecular complexity index is 1090. The molecule has 4 N–H and O–H groups in total. The van der Waals surface area contributed by atoms with Crippen LogP contribution in [0.15, 0.2) is 46.2 Å². The molecule has 1 amide bonds. The third-order valence-corrected chi connectivity index (χ3v) is 5.66. The lowest BCUT2D eigenvalue weighted by Crippen LogP contribution is -2.25. The molecular formula is C16H18N2O7S2. The summed E-state index contributed by atoms with van der Waals surface area (Å²) in [6.07, 6.45) is 2.19. The zero-order valence-electron chi connectivity index (χ0n) is 14.5. The number of carbonyl (C=O) groups excluding carboxylic acids is 1. The predicted octanol–water partition coefficient (Wildman–Crippen LogP) is 0.799. The van der Waals surface area contributed by atoms with E-state index < -0.39 is 19.7 Å². The van der Waals surface area contributed by atoms with Gasteiger partial charge in [-0.3, -0.25) is 4.79 Å². The maximum absolute atomic E-state index is 11.2. The van der Waals surface area contributed by atoms with Crippen molar-refractivity contribution in [3.8, 4) is 11.5 Å². The summed E-state index contributed by atoms with van der Waals surface area (Å²) < 4.78 is 49.5. The molecule has 0 saturated carbocycles. The molecular weight excluding hydrogens is 396 g/mol. The zero-order chi connectivity index (χ0) is 20.4. The smallest absolute Gasteiger partial charge is 0.262 e. The number of benzene rings is 2. The van der Waals surface area contributed by atoms with Crippen LogP contribution in [-0.4, -0.2) is 47.0 Å². The highest BCUT2D eigenvalue weighted by atomic mass is 32.2. The first-order valence-electron chi connectivity index (χ1n) is 7.43. The zero-order valence-corrected chi connectivity index (χ0v) is 16.1. The number of hydrogen-bond donors (Lipinski definition) is 3. The van der Waals surface area contributed by atoms with Crippen molar-refractivity contribution in [3.05, 3.63) is 36.4 Å². The van der Waals surface area contributed by atoms with E-state index in [0.29, 0.717) is 11.4 Å². The average Bonchev–Trinajstić information content (AvgIpc) is 2.55. The summed E-state index contributed by atoms with van der Waals surface area (Å²) in [5, 5.41) is 11.5. The Balaban J connectivity index is 0.000000199. The van der Waals surface area contributed by atoms with Gasteiger partial charge in [0.15, 0.2) is 26.3 Å². The van der Waals surface area contributed by atoms with Crippen molar-refractivity contribution in [2.75, 3.05) is 30.2 Å². The summed E-state index contributed by atoms with van der Waals surface area (Å²) in [6, 6.07) is 8.16. The van der Waals surface area contributed by atoms with Gasteiger partial charge >= 0.3 is 0 Å². The molecule has 0 fully saturated rings. The number of aromatic hydroxyl groups is 1. The van der Waals surface area contributed by atoms with E-state index in [1.807, 2.05) is 0 Å². The SMILES string of the molecule is CS(=O)(=O)c1ccc(O)c(N)c1.CS(=O)(=O)c1ccc2c(c1)NC(=O)CO2. The molecule has 0 aromatic heterocycles. The number of phenols is 1. The monoisotopic (exact) mass is 414 g/mol. The van der Waals surface area contributed by atoms with Gasteiger partial charge in [-0.2, -0.15) is 0 Å². The highest BCUT2D eigenvalue weighted by Crippen LogP contribution is 2.29. The van der Waals surface area contributed by atoms with Crippen molar-refractivity contribution >= 4 is 37.0 Å². The van der Waals surface area contributed by atoms with Crippen LogP contribution in [0.4, 0.5) is 11.4 Å². The van der Waals surface area contributed by atoms with Gasteiger partial charge in [0.05, 0.1) is 21.2 Å². The van der Waals surface area contributed by atoms with Crippen LogP contribution in [-0.2, 0) is 24.5 Å². The van der Waals surface area contributed by atoms with Crippen molar-refractivity contribution in [2.24, 2.45) is 0 Å². The summed E-state index contributed by atoms with van der Waals surface area (Å²) in [5.74, 6) is 0.0950. The van der Waals surface area contributed by atoms with Crippen LogP contribution in [0.25, 0.3) is 0 Å². The van der Waals surface area contributed by atoms with Crippen molar-refractivity contribution in [1.82, 2.24) is 0 Å². The predicted molar refractivity (Wildman–Crippen MR) is 99.3 cm³/mol. The normalized spacial score (nSPS) is 13.5. The fourth-order valence-corrected chi connectivity index (χ4v) is 3.36. The first-order chi connectivity index (χ1) is 12.4. The fourth-order valence-electron chi connectivity index (χ4n) is 2.06. The van der Waals surface area contributed by atoms with Crippen LogP contribution in [0.1, 0.15) is 0 Å². The molecule has 3 rings (SSSR count). The van der Waals surface area contributed by atoms with Crippen LogP contribution >= 0.6 is 0 Å². The van der Waals surface area contributed by atoms with Crippen molar-refractivity contribution in [1.29, 1.82) is 0 Å². The Morgan fingerprint density at radius 2 is 1.56 bits per heavy atom. The lowest BCUT2D eigenvalue weighted by molar-refractivity contribution is -0.118. The fraction of sp³-hybridized carbons (Fsp3) is 0.188. The number of sulfone groups is 2. The molecule has 0 radical (unpaired) electrons. The minimum Gasteiger partial charge on any atom is -0.506 e. The lowest BCUT2D eigenvalue weighted by atomic mass is 10.2. The third-order valence-electron chi connectivity index (χ3n) is 3.44. The van der Waals surface area contributed by atoms with Gasteiger partial charge in [-0.15, -0.1) is 0 Å². The van der Waals surface area contributed by atoms with Gasteiger partial charge in [-0.1, -0.05) is 0 Å². The van der Waals surface area contributed by atoms with Gasteiger partial charge in [0.1, 0.15) is 11.5 Å². The van der Waals surface area contributed by atoms with Gasteiger partial charge in [0, 0.05) is 12.5 Å². The van der Waals surface area contributed by atoms with Gasteiger partial charge in [-0.05, 0) is 36.4 Å². The minimum atomic E-state index is -3.26. The average molecular weight is 414 g/mol. The topological polar surface area (TPSA) is 153 Å². The second-order valence-electron chi connectivity index (χ2n) is 5.76. The number of phenolic OH excluding ortho intramolecular Hbond substituents is 1. The molecule has 1 aliphatic heterocycles. The standard InChI is InChI=1S/C9H9NO4S.C7H9NO3S/c1-15(12,13)6-2-3-8-7(4-6)10-9(11)5-14-8;1-12(10,11)5-2-3-7(9)6(8)4-5/h2-4H,5H2,1H3,(H,10,11);2-4,9H,8H2,1H3. The molecule has 0 atom stereocenters. The van der Waals surface area contributed by atoms with Gasteiger partial charge in [-0.25, -0.2) is 16.8 Å². The first-order valence-corrected chi connectivity index (χ1v) is 11.2. The quantitative estimate of drug-likeness (QED) is 0.482. The van der Waals surface area contributed by atoms with E-state index in [2.05, 4.69) is 5.32 Å². The second-order valence-corrected chi connectivity index (χ2v) is 9.79. The van der Waals surface area contributed by atoms with E-state index in [4.69, 9.17) is 15.6 Å². The van der Waals surface area contributed by atoms with Crippen LogP contribution in [0.2, 0.25) is 0 Å². The molecule has 0 unspecified atom stereocenters. The first kappa shape index (κ1) is 20.5. The molecule has 146 valence electrons. The van der Waals surface area contributed by atoms with E-state index in [1.54, 1.807) is 0 Å². The maximum atomic E-state index is 11.2. The number of nitrogen functional groups attached to an aromatic ring is 1. The Labute approximate surface area is 156 Å². The van der Waals surface area contributed by atoms with E-state index in [9.17, 15) is 21.6 Å². The number of anilines is 2. The largest absolute Gasteiger partial charge is 0.506 e. The molecule has 9 nitrogen and oxygen atoms in total. The molecule has 2 aromatic rings. The third kappa shape index (κ3) is 5.34. The highest BCUT2D eigenvalue weighted by Gasteiger charge is 2.18. The summed E-state index contributed by atoms with van der Waals surface area (Å²) in [4.78, 5) is 11.3. The Hall–Kier alpha value is -2.79. The second kappa shape index (κ2) is 7.45. The van der Waals surface area contributed by atoms with Crippen molar-refractivity contribution in [3.63, 3.8) is 0 Å². The van der Waals surface area contributed by atoms with E-state index in [-0.39, 0.29) is 33.7 Å². The van der Waals surface area contributed by atoms with Crippen LogP contribution in [0, 0.1) is 0 Å². The van der Waals surface area contributed by atoms with E-state index in [0.717, 1.165) is 12.5 Å². The van der Waals surface area contributed by atoms with E-state index in [1.165, 1.54) is 36.4 Å².